The van der Waals surface area contributed by atoms with Gasteiger partial charge >= 0.3 is 0 Å². The molecule has 1 aromatic carbocycles. The Balaban J connectivity index is 2.31. The summed E-state index contributed by atoms with van der Waals surface area (Å²) >= 11 is 0. The van der Waals surface area contributed by atoms with Crippen LogP contribution in [-0.4, -0.2) is 26.3 Å². The van der Waals surface area contributed by atoms with Gasteiger partial charge in [-0.3, -0.25) is 0 Å². The first-order chi connectivity index (χ1) is 9.46. The molecule has 2 unspecified atom stereocenters. The molecule has 1 N–H and O–H groups in total. The van der Waals surface area contributed by atoms with Gasteiger partial charge in [0.15, 0.2) is 9.84 Å². The highest BCUT2D eigenvalue weighted by atomic mass is 32.2. The zero-order chi connectivity index (χ0) is 14.8. The lowest BCUT2D eigenvalue weighted by Gasteiger charge is -2.22. The fourth-order valence-corrected chi connectivity index (χ4v) is 5.37. The third-order valence-electron chi connectivity index (χ3n) is 4.16. The van der Waals surface area contributed by atoms with Crippen molar-refractivity contribution in [3.63, 3.8) is 0 Å². The first-order valence-electron chi connectivity index (χ1n) is 7.51. The topological polar surface area (TPSA) is 46.2 Å². The summed E-state index contributed by atoms with van der Waals surface area (Å²) in [5.74, 6) is 0. The van der Waals surface area contributed by atoms with Crippen molar-refractivity contribution in [3.05, 3.63) is 29.3 Å². The van der Waals surface area contributed by atoms with Gasteiger partial charge in [-0.05, 0) is 56.8 Å². The van der Waals surface area contributed by atoms with Crippen LogP contribution >= 0.6 is 0 Å². The fourth-order valence-electron chi connectivity index (χ4n) is 3.04. The smallest absolute Gasteiger partial charge is 0.183 e. The predicted octanol–water partition coefficient (Wildman–Crippen LogP) is 3.00. The minimum atomic E-state index is -3.23. The summed E-state index contributed by atoms with van der Waals surface area (Å²) in [5, 5.41) is 3.14. The van der Waals surface area contributed by atoms with E-state index >= 15 is 0 Å². The molecule has 0 saturated heterocycles. The monoisotopic (exact) mass is 295 g/mol. The first-order valence-corrected chi connectivity index (χ1v) is 9.06. The van der Waals surface area contributed by atoms with E-state index in [0.717, 1.165) is 43.4 Å². The Kier molecular flexibility index (Phi) is 4.86. The normalized spacial score (nSPS) is 23.1. The van der Waals surface area contributed by atoms with Crippen LogP contribution in [0.3, 0.4) is 0 Å². The van der Waals surface area contributed by atoms with E-state index in [2.05, 4.69) is 12.2 Å². The number of sulfone groups is 1. The highest BCUT2D eigenvalue weighted by Crippen LogP contribution is 2.32. The molecule has 4 heteroatoms. The second kappa shape index (κ2) is 6.27. The molecular weight excluding hydrogens is 270 g/mol. The lowest BCUT2D eigenvalue weighted by molar-refractivity contribution is 0.504. The summed E-state index contributed by atoms with van der Waals surface area (Å²) in [4.78, 5) is 0.521. The summed E-state index contributed by atoms with van der Waals surface area (Å²) in [6, 6.07) is 5.81. The summed E-state index contributed by atoms with van der Waals surface area (Å²) < 4.78 is 25.9. The predicted molar refractivity (Wildman–Crippen MR) is 82.8 cm³/mol. The zero-order valence-corrected chi connectivity index (χ0v) is 13.5. The standard InChI is InChI=1S/C16H25NO2S/c1-4-10-17-14-6-5-7-15(14)20(18,19)16-11-12(2)8-9-13(16)3/h8-9,11,14-15,17H,4-7,10H2,1-3H3. The molecule has 0 radical (unpaired) electrons. The highest BCUT2D eigenvalue weighted by molar-refractivity contribution is 7.92. The van der Waals surface area contributed by atoms with Gasteiger partial charge in [-0.2, -0.15) is 0 Å². The highest BCUT2D eigenvalue weighted by Gasteiger charge is 2.38. The molecule has 3 nitrogen and oxygen atoms in total. The van der Waals surface area contributed by atoms with Gasteiger partial charge in [-0.15, -0.1) is 0 Å². The number of benzene rings is 1. The van der Waals surface area contributed by atoms with Gasteiger partial charge in [-0.25, -0.2) is 8.42 Å². The van der Waals surface area contributed by atoms with E-state index in [9.17, 15) is 8.42 Å². The molecule has 0 amide bonds. The van der Waals surface area contributed by atoms with Crippen molar-refractivity contribution < 1.29 is 8.42 Å². The van der Waals surface area contributed by atoms with Gasteiger partial charge in [0, 0.05) is 6.04 Å². The summed E-state index contributed by atoms with van der Waals surface area (Å²) in [6.07, 6.45) is 3.77. The minimum Gasteiger partial charge on any atom is -0.313 e. The molecule has 1 aromatic rings. The molecular formula is C16H25NO2S. The summed E-state index contributed by atoms with van der Waals surface area (Å²) in [5.41, 5.74) is 1.86. The van der Waals surface area contributed by atoms with E-state index in [1.807, 2.05) is 32.0 Å². The van der Waals surface area contributed by atoms with Crippen molar-refractivity contribution in [2.45, 2.75) is 62.6 Å². The van der Waals surface area contributed by atoms with Crippen molar-refractivity contribution in [3.8, 4) is 0 Å². The Bertz CT molecular complexity index is 566. The maximum Gasteiger partial charge on any atom is 0.183 e. The van der Waals surface area contributed by atoms with Crippen molar-refractivity contribution in [1.82, 2.24) is 5.32 Å². The molecule has 0 aromatic heterocycles. The van der Waals surface area contributed by atoms with Crippen LogP contribution in [0.25, 0.3) is 0 Å². The van der Waals surface area contributed by atoms with Crippen LogP contribution in [-0.2, 0) is 9.84 Å². The molecule has 0 heterocycles. The van der Waals surface area contributed by atoms with E-state index in [1.165, 1.54) is 0 Å². The molecule has 1 aliphatic carbocycles. The second-order valence-corrected chi connectivity index (χ2v) is 7.98. The van der Waals surface area contributed by atoms with E-state index in [4.69, 9.17) is 0 Å². The number of hydrogen-bond acceptors (Lipinski definition) is 3. The first kappa shape index (κ1) is 15.5. The quantitative estimate of drug-likeness (QED) is 0.908. The van der Waals surface area contributed by atoms with E-state index in [0.29, 0.717) is 4.90 Å². The van der Waals surface area contributed by atoms with Gasteiger partial charge in [-0.1, -0.05) is 25.5 Å². The third-order valence-corrected chi connectivity index (χ3v) is 6.57. The lowest BCUT2D eigenvalue weighted by Crippen LogP contribution is -2.40. The molecule has 0 aliphatic heterocycles. The third kappa shape index (κ3) is 3.07. The number of nitrogens with one attached hydrogen (secondary N) is 1. The van der Waals surface area contributed by atoms with Gasteiger partial charge in [0.05, 0.1) is 10.1 Å². The van der Waals surface area contributed by atoms with Gasteiger partial charge in [0.1, 0.15) is 0 Å². The molecule has 2 atom stereocenters. The maximum absolute atomic E-state index is 12.9. The van der Waals surface area contributed by atoms with Crippen molar-refractivity contribution >= 4 is 9.84 Å². The Hall–Kier alpha value is -0.870. The van der Waals surface area contributed by atoms with Crippen LogP contribution in [0.5, 0.6) is 0 Å². The van der Waals surface area contributed by atoms with Crippen LogP contribution in [0.4, 0.5) is 0 Å². The SMILES string of the molecule is CCCNC1CCCC1S(=O)(=O)c1cc(C)ccc1C. The molecule has 112 valence electrons. The lowest BCUT2D eigenvalue weighted by atomic mass is 10.2. The van der Waals surface area contributed by atoms with Crippen LogP contribution in [0.2, 0.25) is 0 Å². The molecule has 1 aliphatic rings. The Labute approximate surface area is 122 Å². The summed E-state index contributed by atoms with van der Waals surface area (Å²) in [7, 11) is -3.23. The summed E-state index contributed by atoms with van der Waals surface area (Å²) in [6.45, 7) is 6.83. The van der Waals surface area contributed by atoms with Crippen LogP contribution in [0.15, 0.2) is 23.1 Å². The largest absolute Gasteiger partial charge is 0.313 e. The molecule has 1 saturated carbocycles. The van der Waals surface area contributed by atoms with Gasteiger partial charge in [0.2, 0.25) is 0 Å². The minimum absolute atomic E-state index is 0.111. The Morgan fingerprint density at radius 1 is 1.25 bits per heavy atom. The molecule has 0 spiro atoms. The number of rotatable bonds is 5. The van der Waals surface area contributed by atoms with Crippen molar-refractivity contribution in [2.75, 3.05) is 6.54 Å². The van der Waals surface area contributed by atoms with E-state index < -0.39 is 9.84 Å². The van der Waals surface area contributed by atoms with Crippen LogP contribution in [0.1, 0.15) is 43.7 Å². The van der Waals surface area contributed by atoms with Crippen LogP contribution in [0, 0.1) is 13.8 Å². The van der Waals surface area contributed by atoms with Gasteiger partial charge < -0.3 is 5.32 Å². The second-order valence-electron chi connectivity index (χ2n) is 5.84. The maximum atomic E-state index is 12.9. The average Bonchev–Trinajstić information content (AvgIpc) is 2.88. The molecule has 20 heavy (non-hydrogen) atoms. The molecule has 1 fully saturated rings. The Morgan fingerprint density at radius 2 is 2.00 bits per heavy atom. The van der Waals surface area contributed by atoms with Crippen molar-refractivity contribution in [2.24, 2.45) is 0 Å². The zero-order valence-electron chi connectivity index (χ0n) is 12.6. The van der Waals surface area contributed by atoms with E-state index in [1.54, 1.807) is 0 Å². The fraction of sp³-hybridized carbons (Fsp3) is 0.625. The molecule has 2 rings (SSSR count). The van der Waals surface area contributed by atoms with Crippen molar-refractivity contribution in [1.29, 1.82) is 0 Å². The van der Waals surface area contributed by atoms with E-state index in [-0.39, 0.29) is 11.3 Å². The number of hydrogen-bond donors (Lipinski definition) is 1. The van der Waals surface area contributed by atoms with Gasteiger partial charge in [0.25, 0.3) is 0 Å². The number of aryl methyl sites for hydroxylation is 2. The average molecular weight is 295 g/mol. The van der Waals surface area contributed by atoms with Crippen LogP contribution < -0.4 is 5.32 Å². The Morgan fingerprint density at radius 3 is 2.70 bits per heavy atom. The molecule has 0 bridgehead atoms.